The molecule has 0 saturated heterocycles. The Balaban J connectivity index is 1.95. The maximum atomic E-state index is 13.8. The second-order valence-corrected chi connectivity index (χ2v) is 10.1. The lowest BCUT2D eigenvalue weighted by molar-refractivity contribution is -0.120. The number of amides is 1. The summed E-state index contributed by atoms with van der Waals surface area (Å²) in [5.41, 5.74) is 1.20. The van der Waals surface area contributed by atoms with Crippen LogP contribution in [0.25, 0.3) is 0 Å². The lowest BCUT2D eigenvalue weighted by Crippen LogP contribution is -2.42. The highest BCUT2D eigenvalue weighted by atomic mass is 32.2. The Morgan fingerprint density at radius 2 is 1.47 bits per heavy atom. The molecule has 3 aromatic rings. The van der Waals surface area contributed by atoms with Gasteiger partial charge in [0.1, 0.15) is 18.0 Å². The zero-order chi connectivity index (χ0) is 27.7. The van der Waals surface area contributed by atoms with Gasteiger partial charge >= 0.3 is 0 Å². The maximum Gasteiger partial charge on any atom is 0.264 e. The molecule has 0 aromatic heterocycles. The molecule has 1 unspecified atom stereocenters. The van der Waals surface area contributed by atoms with Crippen LogP contribution in [0.3, 0.4) is 0 Å². The second kappa shape index (κ2) is 13.0. The fourth-order valence-corrected chi connectivity index (χ4v) is 5.36. The number of benzene rings is 3. The van der Waals surface area contributed by atoms with Crippen molar-refractivity contribution in [2.75, 3.05) is 38.8 Å². The highest BCUT2D eigenvalue weighted by Crippen LogP contribution is 2.33. The van der Waals surface area contributed by atoms with Gasteiger partial charge in [-0.05, 0) is 67.4 Å². The van der Waals surface area contributed by atoms with Crippen LogP contribution in [0.1, 0.15) is 31.9 Å². The predicted octanol–water partition coefficient (Wildman–Crippen LogP) is 4.57. The molecule has 0 heterocycles. The summed E-state index contributed by atoms with van der Waals surface area (Å²) in [5.74, 6) is 1.50. The Hall–Kier alpha value is -3.92. The van der Waals surface area contributed by atoms with Crippen LogP contribution < -0.4 is 28.6 Å². The molecule has 204 valence electrons. The van der Waals surface area contributed by atoms with Gasteiger partial charge in [0.15, 0.2) is 11.5 Å². The third-order valence-corrected chi connectivity index (χ3v) is 7.70. The predicted molar refractivity (Wildman–Crippen MR) is 146 cm³/mol. The van der Waals surface area contributed by atoms with Gasteiger partial charge in [0.05, 0.1) is 44.6 Å². The van der Waals surface area contributed by atoms with Crippen LogP contribution in [0.4, 0.5) is 5.69 Å². The number of nitrogens with zero attached hydrogens (tertiary/aromatic N) is 1. The van der Waals surface area contributed by atoms with Crippen molar-refractivity contribution in [2.45, 2.75) is 31.2 Å². The summed E-state index contributed by atoms with van der Waals surface area (Å²) in [5, 5.41) is 2.96. The van der Waals surface area contributed by atoms with Crippen molar-refractivity contribution >= 4 is 21.6 Å². The topological polar surface area (TPSA) is 103 Å². The lowest BCUT2D eigenvalue weighted by Gasteiger charge is -2.26. The van der Waals surface area contributed by atoms with Gasteiger partial charge < -0.3 is 24.3 Å². The molecule has 0 aliphatic carbocycles. The largest absolute Gasteiger partial charge is 0.497 e. The number of sulfonamides is 1. The summed E-state index contributed by atoms with van der Waals surface area (Å²) < 4.78 is 50.0. The Kier molecular flexibility index (Phi) is 9.84. The molecule has 3 rings (SSSR count). The molecule has 0 fully saturated rings. The van der Waals surface area contributed by atoms with Crippen molar-refractivity contribution in [3.63, 3.8) is 0 Å². The number of hydrogen-bond donors (Lipinski definition) is 1. The van der Waals surface area contributed by atoms with E-state index in [0.29, 0.717) is 36.0 Å². The Morgan fingerprint density at radius 1 is 0.842 bits per heavy atom. The van der Waals surface area contributed by atoms with E-state index in [1.165, 1.54) is 32.4 Å². The Bertz CT molecular complexity index is 1310. The van der Waals surface area contributed by atoms with Gasteiger partial charge in [-0.15, -0.1) is 0 Å². The van der Waals surface area contributed by atoms with E-state index >= 15 is 0 Å². The van der Waals surface area contributed by atoms with Gasteiger partial charge in [-0.3, -0.25) is 9.10 Å². The fraction of sp³-hybridized carbons (Fsp3) is 0.321. The lowest BCUT2D eigenvalue weighted by atomic mass is 10.0. The molecule has 0 aliphatic heterocycles. The number of carbonyl (C=O) groups is 1. The van der Waals surface area contributed by atoms with E-state index in [9.17, 15) is 13.2 Å². The van der Waals surface area contributed by atoms with E-state index in [4.69, 9.17) is 18.9 Å². The quantitative estimate of drug-likeness (QED) is 0.337. The van der Waals surface area contributed by atoms with Crippen LogP contribution in [-0.2, 0) is 14.8 Å². The number of nitrogens with one attached hydrogen (secondary N) is 1. The number of ether oxygens (including phenoxy) is 4. The molecule has 0 bridgehead atoms. The molecule has 0 radical (unpaired) electrons. The van der Waals surface area contributed by atoms with Crippen molar-refractivity contribution < 1.29 is 32.2 Å². The molecular formula is C28H34N2O7S. The summed E-state index contributed by atoms with van der Waals surface area (Å²) in [6.45, 7) is 3.84. The molecule has 0 spiro atoms. The molecular weight excluding hydrogens is 508 g/mol. The monoisotopic (exact) mass is 542 g/mol. The van der Waals surface area contributed by atoms with Gasteiger partial charge in [0.2, 0.25) is 5.91 Å². The third kappa shape index (κ3) is 6.69. The van der Waals surface area contributed by atoms with E-state index in [2.05, 4.69) is 5.32 Å². The van der Waals surface area contributed by atoms with E-state index in [1.54, 1.807) is 31.4 Å². The smallest absolute Gasteiger partial charge is 0.264 e. The SMILES string of the molecule is CCOc1ccc(N(CC(=O)NC(CC)c2ccc(OC)cc2)S(=O)(=O)c2ccc(OC)c(OC)c2)cc1. The van der Waals surface area contributed by atoms with Gasteiger partial charge in [0.25, 0.3) is 10.0 Å². The number of hydrogen-bond acceptors (Lipinski definition) is 7. The molecule has 1 N–H and O–H groups in total. The summed E-state index contributed by atoms with van der Waals surface area (Å²) in [7, 11) is 0.312. The van der Waals surface area contributed by atoms with Crippen molar-refractivity contribution in [3.8, 4) is 23.0 Å². The molecule has 3 aromatic carbocycles. The average Bonchev–Trinajstić information content (AvgIpc) is 2.94. The normalized spacial score (nSPS) is 11.8. The second-order valence-electron chi connectivity index (χ2n) is 8.26. The average molecular weight is 543 g/mol. The van der Waals surface area contributed by atoms with Crippen LogP contribution in [0.2, 0.25) is 0 Å². The Morgan fingerprint density at radius 3 is 2.03 bits per heavy atom. The van der Waals surface area contributed by atoms with Crippen molar-refractivity contribution in [3.05, 3.63) is 72.3 Å². The van der Waals surface area contributed by atoms with Crippen LogP contribution in [-0.4, -0.2) is 48.8 Å². The van der Waals surface area contributed by atoms with E-state index < -0.39 is 22.5 Å². The van der Waals surface area contributed by atoms with E-state index in [1.807, 2.05) is 38.1 Å². The summed E-state index contributed by atoms with van der Waals surface area (Å²) in [6.07, 6.45) is 0.615. The molecule has 0 aliphatic rings. The molecule has 1 amide bonds. The standard InChI is InChI=1S/C28H34N2O7S/c1-6-25(20-8-12-22(34-3)13-9-20)29-28(31)19-30(21-10-14-23(15-11-21)37-7-2)38(32,33)24-16-17-26(35-4)27(18-24)36-5/h8-18,25H,6-7,19H2,1-5H3,(H,29,31). The van der Waals surface area contributed by atoms with Gasteiger partial charge in [-0.25, -0.2) is 8.42 Å². The number of anilines is 1. The summed E-state index contributed by atoms with van der Waals surface area (Å²) >= 11 is 0. The van der Waals surface area contributed by atoms with Gasteiger partial charge in [0, 0.05) is 6.07 Å². The third-order valence-electron chi connectivity index (χ3n) is 5.93. The minimum Gasteiger partial charge on any atom is -0.497 e. The maximum absolute atomic E-state index is 13.8. The first-order chi connectivity index (χ1) is 18.3. The highest BCUT2D eigenvalue weighted by Gasteiger charge is 2.29. The molecule has 9 nitrogen and oxygen atoms in total. The zero-order valence-corrected chi connectivity index (χ0v) is 23.1. The molecule has 10 heteroatoms. The minimum atomic E-state index is -4.17. The first-order valence-corrected chi connectivity index (χ1v) is 13.6. The first-order valence-electron chi connectivity index (χ1n) is 12.2. The molecule has 1 atom stereocenters. The minimum absolute atomic E-state index is 0.0426. The number of rotatable bonds is 13. The van der Waals surface area contributed by atoms with Crippen LogP contribution in [0.15, 0.2) is 71.6 Å². The first kappa shape index (κ1) is 28.6. The van der Waals surface area contributed by atoms with Crippen LogP contribution in [0, 0.1) is 0 Å². The molecule has 0 saturated carbocycles. The zero-order valence-electron chi connectivity index (χ0n) is 22.3. The van der Waals surface area contributed by atoms with Gasteiger partial charge in [-0.1, -0.05) is 19.1 Å². The fourth-order valence-electron chi connectivity index (χ4n) is 3.92. The number of methoxy groups -OCH3 is 3. The highest BCUT2D eigenvalue weighted by molar-refractivity contribution is 7.92. The Labute approximate surface area is 224 Å². The van der Waals surface area contributed by atoms with E-state index in [0.717, 1.165) is 9.87 Å². The summed E-state index contributed by atoms with van der Waals surface area (Å²) in [4.78, 5) is 13.2. The van der Waals surface area contributed by atoms with Crippen molar-refractivity contribution in [1.82, 2.24) is 5.32 Å². The number of carbonyl (C=O) groups excluding carboxylic acids is 1. The van der Waals surface area contributed by atoms with Crippen LogP contribution >= 0.6 is 0 Å². The van der Waals surface area contributed by atoms with Gasteiger partial charge in [-0.2, -0.15) is 0 Å². The van der Waals surface area contributed by atoms with E-state index in [-0.39, 0.29) is 16.7 Å². The van der Waals surface area contributed by atoms with Crippen LogP contribution in [0.5, 0.6) is 23.0 Å². The van der Waals surface area contributed by atoms with Crippen molar-refractivity contribution in [1.29, 1.82) is 0 Å². The van der Waals surface area contributed by atoms with Crippen molar-refractivity contribution in [2.24, 2.45) is 0 Å². The summed E-state index contributed by atoms with van der Waals surface area (Å²) in [6, 6.07) is 17.9. The molecule has 38 heavy (non-hydrogen) atoms.